The van der Waals surface area contributed by atoms with Gasteiger partial charge in [0.15, 0.2) is 0 Å². The fraction of sp³-hybridized carbons (Fsp3) is 0.909. The van der Waals surface area contributed by atoms with Gasteiger partial charge in [-0.05, 0) is 20.8 Å². The maximum Gasteiger partial charge on any atom is 0.380 e. The highest BCUT2D eigenvalue weighted by Gasteiger charge is 2.62. The van der Waals surface area contributed by atoms with Crippen molar-refractivity contribution in [1.82, 2.24) is 0 Å². The van der Waals surface area contributed by atoms with Crippen molar-refractivity contribution in [2.45, 2.75) is 50.7 Å². The van der Waals surface area contributed by atoms with Crippen LogP contribution in [0.25, 0.3) is 0 Å². The number of alkyl halides is 2. The summed E-state index contributed by atoms with van der Waals surface area (Å²) in [7, 11) is 0. The zero-order valence-corrected chi connectivity index (χ0v) is 10.3. The molecule has 1 heterocycles. The molecule has 0 bridgehead atoms. The number of hydrogen-bond acceptors (Lipinski definition) is 4. The third kappa shape index (κ3) is 2.74. The molecule has 0 aromatic rings. The van der Waals surface area contributed by atoms with Gasteiger partial charge in [0, 0.05) is 12.8 Å². The molecule has 0 radical (unpaired) electrons. The summed E-state index contributed by atoms with van der Waals surface area (Å²) in [4.78, 5) is 11.2. The molecular formula is C11H18F2O4. The third-order valence-electron chi connectivity index (χ3n) is 2.84. The Morgan fingerprint density at radius 2 is 2.12 bits per heavy atom. The molecule has 1 fully saturated rings. The van der Waals surface area contributed by atoms with Crippen molar-refractivity contribution in [1.29, 1.82) is 0 Å². The van der Waals surface area contributed by atoms with E-state index >= 15 is 0 Å². The van der Waals surface area contributed by atoms with E-state index in [0.717, 1.165) is 0 Å². The topological polar surface area (TPSA) is 55.8 Å². The molecule has 0 aromatic carbocycles. The normalized spacial score (nSPS) is 28.8. The Morgan fingerprint density at radius 3 is 2.59 bits per heavy atom. The van der Waals surface area contributed by atoms with E-state index in [1.54, 1.807) is 13.8 Å². The van der Waals surface area contributed by atoms with Crippen molar-refractivity contribution in [3.63, 3.8) is 0 Å². The first-order chi connectivity index (χ1) is 7.65. The minimum atomic E-state index is -3.91. The van der Waals surface area contributed by atoms with Crippen LogP contribution in [-0.2, 0) is 14.3 Å². The van der Waals surface area contributed by atoms with Gasteiger partial charge < -0.3 is 14.6 Å². The molecule has 0 amide bonds. The molecule has 1 N–H and O–H groups in total. The standard InChI is InChI=1S/C11H18F2O4/c1-4-16-8(14)11(12,13)10(15)5-6-17-9(2,3)7-10/h15H,4-7H2,1-3H3. The van der Waals surface area contributed by atoms with E-state index in [1.807, 2.05) is 0 Å². The van der Waals surface area contributed by atoms with Gasteiger partial charge in [-0.3, -0.25) is 0 Å². The van der Waals surface area contributed by atoms with Crippen LogP contribution in [0.5, 0.6) is 0 Å². The highest BCUT2D eigenvalue weighted by atomic mass is 19.3. The summed E-state index contributed by atoms with van der Waals surface area (Å²) < 4.78 is 37.2. The highest BCUT2D eigenvalue weighted by Crippen LogP contribution is 2.42. The predicted octanol–water partition coefficient (Wildman–Crippen LogP) is 1.50. The van der Waals surface area contributed by atoms with Crippen LogP contribution in [0.2, 0.25) is 0 Å². The summed E-state index contributed by atoms with van der Waals surface area (Å²) in [5.74, 6) is -5.59. The minimum absolute atomic E-state index is 0.0154. The van der Waals surface area contributed by atoms with Crippen molar-refractivity contribution in [3.8, 4) is 0 Å². The van der Waals surface area contributed by atoms with Gasteiger partial charge in [0.25, 0.3) is 0 Å². The summed E-state index contributed by atoms with van der Waals surface area (Å²) >= 11 is 0. The first-order valence-corrected chi connectivity index (χ1v) is 5.56. The lowest BCUT2D eigenvalue weighted by atomic mass is 9.79. The van der Waals surface area contributed by atoms with E-state index in [0.29, 0.717) is 0 Å². The van der Waals surface area contributed by atoms with Gasteiger partial charge in [0.1, 0.15) is 5.60 Å². The Balaban J connectivity index is 2.91. The molecule has 1 rings (SSSR count). The van der Waals surface area contributed by atoms with Crippen molar-refractivity contribution < 1.29 is 28.2 Å². The Bertz CT molecular complexity index is 304. The van der Waals surface area contributed by atoms with Crippen LogP contribution in [0.15, 0.2) is 0 Å². The predicted molar refractivity (Wildman–Crippen MR) is 55.8 cm³/mol. The smallest absolute Gasteiger partial charge is 0.380 e. The molecule has 17 heavy (non-hydrogen) atoms. The van der Waals surface area contributed by atoms with E-state index in [2.05, 4.69) is 4.74 Å². The van der Waals surface area contributed by atoms with Crippen LogP contribution in [0.3, 0.4) is 0 Å². The minimum Gasteiger partial charge on any atom is -0.461 e. The molecule has 1 aliphatic heterocycles. The van der Waals surface area contributed by atoms with Crippen LogP contribution in [0, 0.1) is 0 Å². The molecular weight excluding hydrogens is 234 g/mol. The molecule has 0 saturated carbocycles. The summed E-state index contributed by atoms with van der Waals surface area (Å²) in [6, 6.07) is 0. The zero-order chi connectivity index (χ0) is 13.3. The SMILES string of the molecule is CCOC(=O)C(F)(F)C1(O)CCOC(C)(C)C1. The number of carbonyl (C=O) groups is 1. The van der Waals surface area contributed by atoms with Crippen LogP contribution in [0.4, 0.5) is 8.78 Å². The second kappa shape index (κ2) is 4.49. The van der Waals surface area contributed by atoms with Gasteiger partial charge in [-0.2, -0.15) is 8.78 Å². The largest absolute Gasteiger partial charge is 0.461 e. The highest BCUT2D eigenvalue weighted by molar-refractivity contribution is 5.79. The Labute approximate surface area is 98.9 Å². The first-order valence-electron chi connectivity index (χ1n) is 5.56. The molecule has 4 nitrogen and oxygen atoms in total. The van der Waals surface area contributed by atoms with Gasteiger partial charge >= 0.3 is 11.9 Å². The average Bonchev–Trinajstić information content (AvgIpc) is 2.15. The number of esters is 1. The number of ether oxygens (including phenoxy) is 2. The van der Waals surface area contributed by atoms with Gasteiger partial charge in [-0.25, -0.2) is 4.79 Å². The Morgan fingerprint density at radius 1 is 1.53 bits per heavy atom. The number of halogens is 2. The van der Waals surface area contributed by atoms with Crippen molar-refractivity contribution in [2.75, 3.05) is 13.2 Å². The second-order valence-electron chi connectivity index (χ2n) is 4.86. The third-order valence-corrected chi connectivity index (χ3v) is 2.84. The Kier molecular flexibility index (Phi) is 3.78. The van der Waals surface area contributed by atoms with Gasteiger partial charge in [0.2, 0.25) is 0 Å². The molecule has 1 atom stereocenters. The molecule has 1 unspecified atom stereocenters. The maximum absolute atomic E-state index is 13.8. The van der Waals surface area contributed by atoms with Crippen LogP contribution >= 0.6 is 0 Å². The molecule has 100 valence electrons. The maximum atomic E-state index is 13.8. The van der Waals surface area contributed by atoms with E-state index in [-0.39, 0.29) is 26.1 Å². The van der Waals surface area contributed by atoms with E-state index in [9.17, 15) is 18.7 Å². The summed E-state index contributed by atoms with van der Waals surface area (Å²) in [6.07, 6.45) is -0.603. The second-order valence-corrected chi connectivity index (χ2v) is 4.86. The lowest BCUT2D eigenvalue weighted by Crippen LogP contribution is -2.60. The number of hydrogen-bond donors (Lipinski definition) is 1. The molecule has 6 heteroatoms. The summed E-state index contributed by atoms with van der Waals surface area (Å²) in [5.41, 5.74) is -3.29. The number of aliphatic hydroxyl groups is 1. The monoisotopic (exact) mass is 252 g/mol. The average molecular weight is 252 g/mol. The summed E-state index contributed by atoms with van der Waals surface area (Å²) in [5, 5.41) is 10.0. The number of carbonyl (C=O) groups excluding carboxylic acids is 1. The summed E-state index contributed by atoms with van der Waals surface area (Å²) in [6.45, 7) is 4.46. The van der Waals surface area contributed by atoms with Crippen LogP contribution < -0.4 is 0 Å². The van der Waals surface area contributed by atoms with Gasteiger partial charge in [-0.1, -0.05) is 0 Å². The van der Waals surface area contributed by atoms with Crippen LogP contribution in [-0.4, -0.2) is 41.4 Å². The quantitative estimate of drug-likeness (QED) is 0.773. The number of rotatable bonds is 3. The molecule has 0 aromatic heterocycles. The van der Waals surface area contributed by atoms with Gasteiger partial charge in [-0.15, -0.1) is 0 Å². The molecule has 0 spiro atoms. The molecule has 1 saturated heterocycles. The fourth-order valence-electron chi connectivity index (χ4n) is 2.02. The van der Waals surface area contributed by atoms with Crippen molar-refractivity contribution >= 4 is 5.97 Å². The fourth-order valence-corrected chi connectivity index (χ4v) is 2.02. The lowest BCUT2D eigenvalue weighted by molar-refractivity contribution is -0.248. The van der Waals surface area contributed by atoms with Crippen molar-refractivity contribution in [2.24, 2.45) is 0 Å². The zero-order valence-electron chi connectivity index (χ0n) is 10.3. The van der Waals surface area contributed by atoms with Crippen LogP contribution in [0.1, 0.15) is 33.6 Å². The van der Waals surface area contributed by atoms with E-state index in [4.69, 9.17) is 4.74 Å². The molecule has 0 aliphatic carbocycles. The van der Waals surface area contributed by atoms with E-state index in [1.165, 1.54) is 6.92 Å². The Hall–Kier alpha value is -0.750. The molecule has 1 aliphatic rings. The van der Waals surface area contributed by atoms with Crippen molar-refractivity contribution in [3.05, 3.63) is 0 Å². The lowest BCUT2D eigenvalue weighted by Gasteiger charge is -2.43. The first kappa shape index (κ1) is 14.3. The van der Waals surface area contributed by atoms with Gasteiger partial charge in [0.05, 0.1) is 18.8 Å². The van der Waals surface area contributed by atoms with E-state index < -0.39 is 23.1 Å².